The zero-order valence-electron chi connectivity index (χ0n) is 10.4. The van der Waals surface area contributed by atoms with Gasteiger partial charge in [0.15, 0.2) is 0 Å². The van der Waals surface area contributed by atoms with Crippen molar-refractivity contribution in [2.45, 2.75) is 13.0 Å². The molecule has 1 unspecified atom stereocenters. The number of nitrogens with zero attached hydrogens (tertiary/aromatic N) is 3. The lowest BCUT2D eigenvalue weighted by molar-refractivity contribution is 0.722. The van der Waals surface area contributed by atoms with Crippen molar-refractivity contribution in [1.29, 1.82) is 0 Å². The molecule has 3 rings (SSSR count). The van der Waals surface area contributed by atoms with Crippen LogP contribution in [0.15, 0.2) is 36.8 Å². The molecule has 0 aliphatic heterocycles. The summed E-state index contributed by atoms with van der Waals surface area (Å²) in [4.78, 5) is 4.36. The summed E-state index contributed by atoms with van der Waals surface area (Å²) in [5.74, 6) is 1.01. The Balaban J connectivity index is 1.93. The highest BCUT2D eigenvalue weighted by Gasteiger charge is 2.11. The van der Waals surface area contributed by atoms with Gasteiger partial charge in [0.1, 0.15) is 5.82 Å². The summed E-state index contributed by atoms with van der Waals surface area (Å²) in [5, 5.41) is 11.6. The van der Waals surface area contributed by atoms with E-state index in [-0.39, 0.29) is 6.04 Å². The van der Waals surface area contributed by atoms with Crippen LogP contribution in [0, 0.1) is 0 Å². The highest BCUT2D eigenvalue weighted by atomic mass is 15.1. The molecule has 2 heterocycles. The minimum absolute atomic E-state index is 0.144. The van der Waals surface area contributed by atoms with Gasteiger partial charge >= 0.3 is 0 Å². The molecule has 2 N–H and O–H groups in total. The van der Waals surface area contributed by atoms with E-state index in [9.17, 15) is 0 Å². The monoisotopic (exact) mass is 241 g/mol. The van der Waals surface area contributed by atoms with Gasteiger partial charge < -0.3 is 9.88 Å². The predicted octanol–water partition coefficient (Wildman–Crippen LogP) is 2.47. The second kappa shape index (κ2) is 4.18. The van der Waals surface area contributed by atoms with Gasteiger partial charge in [0.05, 0.1) is 17.8 Å². The van der Waals surface area contributed by atoms with E-state index in [4.69, 9.17) is 0 Å². The topological polar surface area (TPSA) is 58.5 Å². The Kier molecular flexibility index (Phi) is 2.51. The molecule has 0 fully saturated rings. The summed E-state index contributed by atoms with van der Waals surface area (Å²) in [5.41, 5.74) is 2.10. The van der Waals surface area contributed by atoms with Crippen molar-refractivity contribution in [1.82, 2.24) is 19.7 Å². The Morgan fingerprint density at radius 2 is 2.28 bits per heavy atom. The molecule has 0 bridgehead atoms. The maximum atomic E-state index is 4.36. The number of hydrogen-bond acceptors (Lipinski definition) is 3. The van der Waals surface area contributed by atoms with Gasteiger partial charge in [0.2, 0.25) is 0 Å². The average molecular weight is 241 g/mol. The third-order valence-electron chi connectivity index (χ3n) is 3.10. The molecule has 0 radical (unpaired) electrons. The molecular weight excluding hydrogens is 226 g/mol. The number of aromatic nitrogens is 4. The molecule has 1 aromatic carbocycles. The Bertz CT molecular complexity index is 667. The SMILES string of the molecule is CC(Nc1cccc2[nH]ncc12)c1nccn1C. The maximum absolute atomic E-state index is 4.36. The fourth-order valence-corrected chi connectivity index (χ4v) is 2.19. The van der Waals surface area contributed by atoms with Gasteiger partial charge in [-0.2, -0.15) is 5.10 Å². The molecule has 2 aromatic heterocycles. The summed E-state index contributed by atoms with van der Waals surface area (Å²) in [6, 6.07) is 6.22. The van der Waals surface area contributed by atoms with Gasteiger partial charge in [0, 0.05) is 30.5 Å². The lowest BCUT2D eigenvalue weighted by Crippen LogP contribution is -2.11. The first-order valence-corrected chi connectivity index (χ1v) is 5.91. The zero-order valence-corrected chi connectivity index (χ0v) is 10.4. The fraction of sp³-hybridized carbons (Fsp3) is 0.231. The summed E-state index contributed by atoms with van der Waals surface area (Å²) in [7, 11) is 2.00. The summed E-state index contributed by atoms with van der Waals surface area (Å²) < 4.78 is 2.02. The second-order valence-electron chi connectivity index (χ2n) is 4.40. The summed E-state index contributed by atoms with van der Waals surface area (Å²) in [6.45, 7) is 2.10. The number of aryl methyl sites for hydroxylation is 1. The van der Waals surface area contributed by atoms with E-state index in [2.05, 4.69) is 33.5 Å². The molecule has 5 nitrogen and oxygen atoms in total. The minimum Gasteiger partial charge on any atom is -0.375 e. The number of fused-ring (bicyclic) bond motifs is 1. The van der Waals surface area contributed by atoms with Crippen molar-refractivity contribution >= 4 is 16.6 Å². The van der Waals surface area contributed by atoms with E-state index in [1.54, 1.807) is 0 Å². The van der Waals surface area contributed by atoms with E-state index in [1.165, 1.54) is 0 Å². The number of anilines is 1. The van der Waals surface area contributed by atoms with Crippen molar-refractivity contribution in [2.24, 2.45) is 7.05 Å². The van der Waals surface area contributed by atoms with E-state index < -0.39 is 0 Å². The average Bonchev–Trinajstić information content (AvgIpc) is 2.97. The Morgan fingerprint density at radius 3 is 3.06 bits per heavy atom. The van der Waals surface area contributed by atoms with Crippen LogP contribution >= 0.6 is 0 Å². The van der Waals surface area contributed by atoms with E-state index >= 15 is 0 Å². The van der Waals surface area contributed by atoms with Crippen LogP contribution in [0.4, 0.5) is 5.69 Å². The van der Waals surface area contributed by atoms with Crippen molar-refractivity contribution in [2.75, 3.05) is 5.32 Å². The van der Waals surface area contributed by atoms with Crippen molar-refractivity contribution < 1.29 is 0 Å². The van der Waals surface area contributed by atoms with Crippen LogP contribution in [-0.2, 0) is 7.05 Å². The van der Waals surface area contributed by atoms with Gasteiger partial charge in [-0.15, -0.1) is 0 Å². The highest BCUT2D eigenvalue weighted by Crippen LogP contribution is 2.25. The van der Waals surface area contributed by atoms with Crippen molar-refractivity contribution in [3.8, 4) is 0 Å². The van der Waals surface area contributed by atoms with E-state index in [1.807, 2.05) is 42.3 Å². The molecule has 92 valence electrons. The Morgan fingerprint density at radius 1 is 1.39 bits per heavy atom. The highest BCUT2D eigenvalue weighted by molar-refractivity contribution is 5.90. The predicted molar refractivity (Wildman–Crippen MR) is 71.3 cm³/mol. The van der Waals surface area contributed by atoms with Crippen molar-refractivity contribution in [3.05, 3.63) is 42.6 Å². The number of imidazole rings is 1. The normalized spacial score (nSPS) is 12.8. The first-order valence-electron chi connectivity index (χ1n) is 5.91. The number of aromatic amines is 1. The quantitative estimate of drug-likeness (QED) is 0.740. The molecule has 0 spiro atoms. The minimum atomic E-state index is 0.144. The molecule has 5 heteroatoms. The zero-order chi connectivity index (χ0) is 12.5. The third-order valence-corrected chi connectivity index (χ3v) is 3.10. The molecule has 0 saturated carbocycles. The second-order valence-corrected chi connectivity index (χ2v) is 4.40. The molecule has 0 saturated heterocycles. The Labute approximate surface area is 105 Å². The van der Waals surface area contributed by atoms with E-state index in [0.717, 1.165) is 22.4 Å². The smallest absolute Gasteiger partial charge is 0.130 e. The molecule has 0 aliphatic carbocycles. The molecule has 18 heavy (non-hydrogen) atoms. The number of hydrogen-bond donors (Lipinski definition) is 2. The van der Waals surface area contributed by atoms with Crippen molar-refractivity contribution in [3.63, 3.8) is 0 Å². The van der Waals surface area contributed by atoms with Gasteiger partial charge in [-0.1, -0.05) is 6.07 Å². The number of nitrogens with one attached hydrogen (secondary N) is 2. The van der Waals surface area contributed by atoms with E-state index in [0.29, 0.717) is 0 Å². The third kappa shape index (κ3) is 1.73. The first kappa shape index (κ1) is 10.8. The molecule has 1 atom stereocenters. The van der Waals surface area contributed by atoms with Gasteiger partial charge in [0.25, 0.3) is 0 Å². The number of rotatable bonds is 3. The lowest BCUT2D eigenvalue weighted by Gasteiger charge is -2.15. The Hall–Kier alpha value is -2.30. The lowest BCUT2D eigenvalue weighted by atomic mass is 10.2. The van der Waals surface area contributed by atoms with Gasteiger partial charge in [-0.05, 0) is 19.1 Å². The molecule has 0 amide bonds. The van der Waals surface area contributed by atoms with Crippen LogP contribution in [-0.4, -0.2) is 19.7 Å². The number of benzene rings is 1. The molecular formula is C13H15N5. The van der Waals surface area contributed by atoms with Crippen LogP contribution in [0.1, 0.15) is 18.8 Å². The summed E-state index contributed by atoms with van der Waals surface area (Å²) in [6.07, 6.45) is 5.60. The number of H-pyrrole nitrogens is 1. The van der Waals surface area contributed by atoms with Gasteiger partial charge in [-0.3, -0.25) is 5.10 Å². The first-order chi connectivity index (χ1) is 8.75. The van der Waals surface area contributed by atoms with Crippen LogP contribution in [0.25, 0.3) is 10.9 Å². The molecule has 0 aliphatic rings. The fourth-order valence-electron chi connectivity index (χ4n) is 2.19. The van der Waals surface area contributed by atoms with Crippen LogP contribution in [0.2, 0.25) is 0 Å². The standard InChI is InChI=1S/C13H15N5/c1-9(13-14-6-7-18(13)2)16-11-4-3-5-12-10(11)8-15-17-12/h3-9,16H,1-2H3,(H,15,17). The van der Waals surface area contributed by atoms with Gasteiger partial charge in [-0.25, -0.2) is 4.98 Å². The van der Waals surface area contributed by atoms with Crippen LogP contribution < -0.4 is 5.32 Å². The largest absolute Gasteiger partial charge is 0.375 e. The van der Waals surface area contributed by atoms with Crippen LogP contribution in [0.3, 0.4) is 0 Å². The van der Waals surface area contributed by atoms with Crippen LogP contribution in [0.5, 0.6) is 0 Å². The summed E-state index contributed by atoms with van der Waals surface area (Å²) >= 11 is 0. The molecule has 3 aromatic rings. The maximum Gasteiger partial charge on any atom is 0.130 e.